The maximum atomic E-state index is 13.3. The van der Waals surface area contributed by atoms with Gasteiger partial charge in [-0.15, -0.1) is 0 Å². The van der Waals surface area contributed by atoms with Crippen molar-refractivity contribution in [3.8, 4) is 11.8 Å². The molecule has 0 saturated carbocycles. The molecule has 1 rings (SSSR count). The van der Waals surface area contributed by atoms with Crippen LogP contribution in [0.2, 0.25) is 0 Å². The topological polar surface area (TPSA) is 118 Å². The number of nitrogens with two attached hydrogens (primary N) is 1. The fourth-order valence-electron chi connectivity index (χ4n) is 0.905. The van der Waals surface area contributed by atoms with Gasteiger partial charge in [0.05, 0.1) is 4.47 Å². The van der Waals surface area contributed by atoms with Crippen molar-refractivity contribution in [1.29, 1.82) is 10.7 Å². The Morgan fingerprint density at radius 1 is 1.65 bits per heavy atom. The zero-order valence-electron chi connectivity index (χ0n) is 8.33. The Balaban J connectivity index is 3.09. The van der Waals surface area contributed by atoms with Crippen LogP contribution in [0.5, 0.6) is 5.75 Å². The first-order valence-electron chi connectivity index (χ1n) is 4.22. The van der Waals surface area contributed by atoms with Crippen molar-refractivity contribution in [2.24, 2.45) is 10.8 Å². The molecule has 0 saturated heterocycles. The smallest absolute Gasteiger partial charge is 0.201 e. The van der Waals surface area contributed by atoms with E-state index >= 15 is 0 Å². The lowest BCUT2D eigenvalue weighted by Gasteiger charge is -2.06. The summed E-state index contributed by atoms with van der Waals surface area (Å²) >= 11 is 3.00. The van der Waals surface area contributed by atoms with Crippen LogP contribution in [-0.2, 0) is 0 Å². The number of hydrogen-bond acceptors (Lipinski definition) is 5. The van der Waals surface area contributed by atoms with Gasteiger partial charge in [0.25, 0.3) is 0 Å². The average Bonchev–Trinajstić information content (AvgIpc) is 2.28. The number of benzene rings is 1. The van der Waals surface area contributed by atoms with Crippen LogP contribution in [-0.4, -0.2) is 16.7 Å². The molecule has 0 bridgehead atoms. The highest BCUT2D eigenvalue weighted by Crippen LogP contribution is 2.34. The molecule has 0 heterocycles. The number of rotatable bonds is 3. The summed E-state index contributed by atoms with van der Waals surface area (Å²) in [5.74, 6) is -1.71. The Hall–Kier alpha value is -2.14. The minimum atomic E-state index is -0.754. The minimum Gasteiger partial charge on any atom is -0.504 e. The Kier molecular flexibility index (Phi) is 4.01. The second-order valence-electron chi connectivity index (χ2n) is 2.85. The highest BCUT2D eigenvalue weighted by molar-refractivity contribution is 9.10. The van der Waals surface area contributed by atoms with Crippen LogP contribution in [0.4, 0.5) is 10.1 Å². The van der Waals surface area contributed by atoms with Gasteiger partial charge in [-0.3, -0.25) is 10.8 Å². The molecule has 0 aliphatic carbocycles. The summed E-state index contributed by atoms with van der Waals surface area (Å²) in [5, 5.41) is 28.5. The third kappa shape index (κ3) is 2.92. The Bertz CT molecular complexity index is 537. The zero-order chi connectivity index (χ0) is 13.0. The summed E-state index contributed by atoms with van der Waals surface area (Å²) in [7, 11) is 0. The number of nitriles is 1. The van der Waals surface area contributed by atoms with E-state index in [1.165, 1.54) is 6.07 Å². The average molecular weight is 300 g/mol. The van der Waals surface area contributed by atoms with Gasteiger partial charge in [0.1, 0.15) is 11.8 Å². The number of anilines is 1. The molecule has 0 unspecified atom stereocenters. The molecule has 0 aliphatic heterocycles. The Labute approximate surface area is 104 Å². The highest BCUT2D eigenvalue weighted by atomic mass is 79.9. The van der Waals surface area contributed by atoms with Crippen LogP contribution in [0.1, 0.15) is 0 Å². The summed E-state index contributed by atoms with van der Waals surface area (Å²) in [6, 6.07) is 3.96. The fourth-order valence-corrected chi connectivity index (χ4v) is 1.24. The van der Waals surface area contributed by atoms with Crippen molar-refractivity contribution in [3.05, 3.63) is 22.4 Å². The molecule has 0 atom stereocenters. The number of aromatic hydroxyl groups is 1. The number of phenolic OH excluding ortho intramolecular Hbond substituents is 1. The molecular formula is C9H7BrFN5O. The quantitative estimate of drug-likeness (QED) is 0.293. The fraction of sp³-hybridized carbons (Fsp3) is 0. The van der Waals surface area contributed by atoms with E-state index in [1.807, 2.05) is 0 Å². The molecule has 88 valence electrons. The Morgan fingerprint density at radius 3 is 2.82 bits per heavy atom. The minimum absolute atomic E-state index is 0.262. The van der Waals surface area contributed by atoms with Crippen LogP contribution in [0.25, 0.3) is 0 Å². The van der Waals surface area contributed by atoms with Gasteiger partial charge in [0.15, 0.2) is 17.4 Å². The van der Waals surface area contributed by atoms with E-state index in [-0.39, 0.29) is 10.2 Å². The van der Waals surface area contributed by atoms with Crippen molar-refractivity contribution in [1.82, 2.24) is 0 Å². The van der Waals surface area contributed by atoms with E-state index in [4.69, 9.17) is 16.4 Å². The molecule has 5 N–H and O–H groups in total. The van der Waals surface area contributed by atoms with Gasteiger partial charge in [0.2, 0.25) is 5.71 Å². The van der Waals surface area contributed by atoms with E-state index in [0.717, 1.165) is 6.07 Å². The van der Waals surface area contributed by atoms with E-state index < -0.39 is 23.1 Å². The van der Waals surface area contributed by atoms with Crippen molar-refractivity contribution >= 4 is 33.2 Å². The summed E-state index contributed by atoms with van der Waals surface area (Å²) in [5.41, 5.74) is 6.46. The van der Waals surface area contributed by atoms with Crippen LogP contribution in [0.3, 0.4) is 0 Å². The first-order valence-corrected chi connectivity index (χ1v) is 5.01. The lowest BCUT2D eigenvalue weighted by molar-refractivity contribution is 0.468. The largest absolute Gasteiger partial charge is 0.504 e. The molecule has 1 aromatic rings. The first kappa shape index (κ1) is 12.9. The van der Waals surface area contributed by atoms with Crippen LogP contribution in [0.15, 0.2) is 21.7 Å². The van der Waals surface area contributed by atoms with Crippen LogP contribution < -0.4 is 11.2 Å². The molecule has 1 aromatic carbocycles. The van der Waals surface area contributed by atoms with Gasteiger partial charge < -0.3 is 10.8 Å². The molecule has 8 heteroatoms. The molecule has 6 nitrogen and oxygen atoms in total. The van der Waals surface area contributed by atoms with Crippen molar-refractivity contribution in [2.75, 3.05) is 5.43 Å². The normalized spacial score (nSPS) is 10.8. The number of hydrazone groups is 1. The lowest BCUT2D eigenvalue weighted by Crippen LogP contribution is -2.22. The summed E-state index contributed by atoms with van der Waals surface area (Å²) in [4.78, 5) is 0. The number of amidine groups is 1. The second kappa shape index (κ2) is 5.27. The lowest BCUT2D eigenvalue weighted by atomic mass is 10.3. The third-order valence-corrected chi connectivity index (χ3v) is 2.36. The number of halogens is 2. The van der Waals surface area contributed by atoms with Gasteiger partial charge in [-0.05, 0) is 28.1 Å². The van der Waals surface area contributed by atoms with Gasteiger partial charge in [-0.1, -0.05) is 0 Å². The first-order chi connectivity index (χ1) is 7.97. The van der Waals surface area contributed by atoms with E-state index in [9.17, 15) is 9.50 Å². The van der Waals surface area contributed by atoms with E-state index in [0.29, 0.717) is 0 Å². The predicted octanol–water partition coefficient (Wildman–Crippen LogP) is 1.52. The van der Waals surface area contributed by atoms with Gasteiger partial charge in [0, 0.05) is 0 Å². The van der Waals surface area contributed by atoms with Crippen LogP contribution in [0, 0.1) is 22.6 Å². The standard InChI is InChI=1S/C9H7BrFN5O/c10-4-1-2-5(11)7(8(4)17)16-15-6(3-12)9(13)14/h1-2,16-17H,(H3,13,14)/b15-6+. The van der Waals surface area contributed by atoms with Crippen LogP contribution >= 0.6 is 15.9 Å². The second-order valence-corrected chi connectivity index (χ2v) is 3.70. The van der Waals surface area contributed by atoms with Crippen molar-refractivity contribution < 1.29 is 9.50 Å². The maximum Gasteiger partial charge on any atom is 0.201 e. The van der Waals surface area contributed by atoms with Gasteiger partial charge in [-0.2, -0.15) is 10.4 Å². The summed E-state index contributed by atoms with van der Waals surface area (Å²) in [6.45, 7) is 0. The van der Waals surface area contributed by atoms with Crippen molar-refractivity contribution in [3.63, 3.8) is 0 Å². The molecule has 0 aliphatic rings. The SMILES string of the molecule is N#C/C(=N\Nc1c(F)ccc(Br)c1O)C(=N)N. The molecule has 0 amide bonds. The summed E-state index contributed by atoms with van der Waals surface area (Å²) in [6.07, 6.45) is 0. The molecule has 0 spiro atoms. The number of nitrogens with one attached hydrogen (secondary N) is 2. The monoisotopic (exact) mass is 299 g/mol. The van der Waals surface area contributed by atoms with Gasteiger partial charge in [-0.25, -0.2) is 4.39 Å². The molecule has 0 aromatic heterocycles. The Morgan fingerprint density at radius 2 is 2.29 bits per heavy atom. The number of phenols is 1. The zero-order valence-corrected chi connectivity index (χ0v) is 9.92. The van der Waals surface area contributed by atoms with Gasteiger partial charge >= 0.3 is 0 Å². The maximum absolute atomic E-state index is 13.3. The highest BCUT2D eigenvalue weighted by Gasteiger charge is 2.11. The molecular weight excluding hydrogens is 293 g/mol. The van der Waals surface area contributed by atoms with Crippen molar-refractivity contribution in [2.45, 2.75) is 0 Å². The molecule has 0 fully saturated rings. The summed E-state index contributed by atoms with van der Waals surface area (Å²) < 4.78 is 13.6. The van der Waals surface area contributed by atoms with E-state index in [2.05, 4.69) is 26.5 Å². The van der Waals surface area contributed by atoms with E-state index in [1.54, 1.807) is 6.07 Å². The predicted molar refractivity (Wildman–Crippen MR) is 64.3 cm³/mol. The number of hydrogen-bond donors (Lipinski definition) is 4. The third-order valence-electron chi connectivity index (χ3n) is 1.72. The molecule has 0 radical (unpaired) electrons. The number of nitrogens with zero attached hydrogens (tertiary/aromatic N) is 2. The molecule has 17 heavy (non-hydrogen) atoms.